The maximum absolute atomic E-state index is 5.20. The van der Waals surface area contributed by atoms with Gasteiger partial charge in [-0.25, -0.2) is 0 Å². The Morgan fingerprint density at radius 3 is 0.828 bits per heavy atom. The van der Waals surface area contributed by atoms with Gasteiger partial charge in [0.15, 0.2) is 16.1 Å². The molecule has 3 heteroatoms. The lowest BCUT2D eigenvalue weighted by atomic mass is 9.88. The largest absolute Gasteiger partial charge is 0.256 e. The number of aromatic nitrogens is 1. The first-order chi connectivity index (χ1) is 31.8. The fourth-order valence-corrected chi connectivity index (χ4v) is 20.0. The Hall–Kier alpha value is -7.70. The maximum atomic E-state index is 5.20. The van der Waals surface area contributed by atoms with Crippen molar-refractivity contribution in [2.24, 2.45) is 0 Å². The van der Waals surface area contributed by atoms with Crippen molar-refractivity contribution in [3.8, 4) is 22.3 Å². The predicted octanol–water partition coefficient (Wildman–Crippen LogP) is 9.48. The molecular formula is C61H45NSi2. The number of fused-ring (bicyclic) bond motifs is 2. The summed E-state index contributed by atoms with van der Waals surface area (Å²) in [6.07, 6.45) is 1.94. The first-order valence-electron chi connectivity index (χ1n) is 22.1. The molecule has 1 nitrogen and oxygen atoms in total. The van der Waals surface area contributed by atoms with Gasteiger partial charge in [0.1, 0.15) is 0 Å². The van der Waals surface area contributed by atoms with Crippen molar-refractivity contribution in [3.05, 3.63) is 273 Å². The Morgan fingerprint density at radius 1 is 0.219 bits per heavy atom. The van der Waals surface area contributed by atoms with Gasteiger partial charge in [0.05, 0.1) is 5.52 Å². The highest BCUT2D eigenvalue weighted by molar-refractivity contribution is 7.20. The summed E-state index contributed by atoms with van der Waals surface area (Å²) in [6.45, 7) is 0. The summed E-state index contributed by atoms with van der Waals surface area (Å²) < 4.78 is 0. The average molecular weight is 848 g/mol. The molecule has 0 atom stereocenters. The molecule has 0 spiro atoms. The minimum absolute atomic E-state index is 1.01. The molecule has 0 amide bonds. The highest BCUT2D eigenvalue weighted by Gasteiger charge is 2.42. The first kappa shape index (κ1) is 39.2. The highest BCUT2D eigenvalue weighted by atomic mass is 28.3. The van der Waals surface area contributed by atoms with Crippen LogP contribution in [0, 0.1) is 0 Å². The predicted molar refractivity (Wildman–Crippen MR) is 277 cm³/mol. The van der Waals surface area contributed by atoms with E-state index in [4.69, 9.17) is 4.98 Å². The fraction of sp³-hybridized carbons (Fsp3) is 0. The molecule has 0 aliphatic rings. The third-order valence-corrected chi connectivity index (χ3v) is 22.8. The van der Waals surface area contributed by atoms with Crippen molar-refractivity contribution in [1.82, 2.24) is 4.98 Å². The Labute approximate surface area is 377 Å². The lowest BCUT2D eigenvalue weighted by molar-refractivity contribution is 1.42. The molecule has 10 aromatic carbocycles. The van der Waals surface area contributed by atoms with Crippen molar-refractivity contribution in [2.75, 3.05) is 0 Å². The second kappa shape index (κ2) is 16.9. The van der Waals surface area contributed by atoms with Crippen LogP contribution in [-0.4, -0.2) is 21.1 Å². The molecule has 1 aromatic heterocycles. The highest BCUT2D eigenvalue weighted by Crippen LogP contribution is 2.42. The molecule has 0 radical (unpaired) electrons. The molecule has 0 aliphatic carbocycles. The number of pyridine rings is 1. The van der Waals surface area contributed by atoms with Gasteiger partial charge < -0.3 is 0 Å². The van der Waals surface area contributed by atoms with Gasteiger partial charge in [-0.15, -0.1) is 0 Å². The number of rotatable bonds is 10. The van der Waals surface area contributed by atoms with Gasteiger partial charge in [-0.2, -0.15) is 0 Å². The summed E-state index contributed by atoms with van der Waals surface area (Å²) in [7, 11) is -5.36. The van der Waals surface area contributed by atoms with E-state index in [0.29, 0.717) is 0 Å². The Kier molecular flexibility index (Phi) is 10.3. The minimum atomic E-state index is -2.68. The van der Waals surface area contributed by atoms with Crippen LogP contribution in [0.1, 0.15) is 0 Å². The smallest absolute Gasteiger partial charge is 0.179 e. The van der Waals surface area contributed by atoms with Gasteiger partial charge in [-0.05, 0) is 75.0 Å². The van der Waals surface area contributed by atoms with Crippen LogP contribution in [0.5, 0.6) is 0 Å². The summed E-state index contributed by atoms with van der Waals surface area (Å²) in [5, 5.41) is 14.5. The molecule has 11 rings (SSSR count). The van der Waals surface area contributed by atoms with Gasteiger partial charge in [-0.1, -0.05) is 261 Å². The van der Waals surface area contributed by atoms with E-state index in [1.54, 1.807) is 0 Å². The molecule has 0 saturated carbocycles. The molecule has 0 N–H and O–H groups in total. The molecule has 64 heavy (non-hydrogen) atoms. The number of benzene rings is 10. The molecule has 0 bridgehead atoms. The van der Waals surface area contributed by atoms with Crippen LogP contribution in [0.4, 0.5) is 0 Å². The standard InChI is InChI=1S/C61H45NSi2/c1-7-22-48(23-8-1)63(49-24-9-2-10-25-49,50-26-11-3-12-27-50)54-41-37-46(38-42-54)59-56-34-19-20-35-57(56)60(61-58(59)36-21-45-62-61)47-39-43-55(44-40-47)64(51-28-13-4-14-29-51,52-30-15-5-16-31-52)53-32-17-6-18-33-53/h1-45H. The van der Waals surface area contributed by atoms with E-state index >= 15 is 0 Å². The summed E-state index contributed by atoms with van der Waals surface area (Å²) in [5.74, 6) is 0. The van der Waals surface area contributed by atoms with Crippen LogP contribution in [0.15, 0.2) is 273 Å². The van der Waals surface area contributed by atoms with E-state index < -0.39 is 16.1 Å². The summed E-state index contributed by atoms with van der Waals surface area (Å²) >= 11 is 0. The van der Waals surface area contributed by atoms with Crippen molar-refractivity contribution < 1.29 is 0 Å². The molecule has 1 heterocycles. The van der Waals surface area contributed by atoms with Crippen LogP contribution in [0.3, 0.4) is 0 Å². The van der Waals surface area contributed by atoms with Gasteiger partial charge in [0, 0.05) is 17.1 Å². The SMILES string of the molecule is c1ccc([Si](c2ccccc2)(c2ccccc2)c2ccc(-c3c4ccccc4c(-c4ccc([Si](c5ccccc5)(c5ccccc5)c5ccccc5)cc4)c4ncccc34)cc2)cc1. The lowest BCUT2D eigenvalue weighted by Gasteiger charge is -2.34. The van der Waals surface area contributed by atoms with Crippen molar-refractivity contribution in [1.29, 1.82) is 0 Å². The topological polar surface area (TPSA) is 12.9 Å². The fourth-order valence-electron chi connectivity index (χ4n) is 10.5. The van der Waals surface area contributed by atoms with Crippen LogP contribution in [0.2, 0.25) is 0 Å². The zero-order valence-corrected chi connectivity index (χ0v) is 37.4. The van der Waals surface area contributed by atoms with E-state index in [9.17, 15) is 0 Å². The second-order valence-electron chi connectivity index (χ2n) is 16.5. The number of nitrogens with zero attached hydrogens (tertiary/aromatic N) is 1. The molecule has 11 aromatic rings. The van der Waals surface area contributed by atoms with Crippen LogP contribution < -0.4 is 41.5 Å². The van der Waals surface area contributed by atoms with E-state index in [2.05, 4.69) is 267 Å². The summed E-state index contributed by atoms with van der Waals surface area (Å²) in [4.78, 5) is 5.20. The second-order valence-corrected chi connectivity index (χ2v) is 24.2. The van der Waals surface area contributed by atoms with Crippen molar-refractivity contribution in [2.45, 2.75) is 0 Å². The van der Waals surface area contributed by atoms with E-state index in [1.807, 2.05) is 6.20 Å². The quantitative estimate of drug-likeness (QED) is 0.0760. The lowest BCUT2D eigenvalue weighted by Crippen LogP contribution is -2.74. The third kappa shape index (κ3) is 6.48. The molecule has 0 aliphatic heterocycles. The Balaban J connectivity index is 1.09. The maximum Gasteiger partial charge on any atom is 0.179 e. The van der Waals surface area contributed by atoms with Gasteiger partial charge >= 0.3 is 0 Å². The summed E-state index contributed by atoms with van der Waals surface area (Å²) in [5.41, 5.74) is 5.72. The Morgan fingerprint density at radius 2 is 0.484 bits per heavy atom. The molecule has 302 valence electrons. The Bertz CT molecular complexity index is 2850. The van der Waals surface area contributed by atoms with E-state index in [0.717, 1.165) is 22.0 Å². The minimum Gasteiger partial charge on any atom is -0.256 e. The zero-order chi connectivity index (χ0) is 42.8. The van der Waals surface area contributed by atoms with Crippen LogP contribution in [-0.2, 0) is 0 Å². The molecule has 0 saturated heterocycles. The normalized spacial score (nSPS) is 11.8. The monoisotopic (exact) mass is 847 g/mol. The molecule has 0 fully saturated rings. The van der Waals surface area contributed by atoms with Crippen LogP contribution >= 0.6 is 0 Å². The van der Waals surface area contributed by atoms with Crippen molar-refractivity contribution in [3.63, 3.8) is 0 Å². The third-order valence-electron chi connectivity index (χ3n) is 13.2. The average Bonchev–Trinajstić information content (AvgIpc) is 3.38. The molecular weight excluding hydrogens is 803 g/mol. The van der Waals surface area contributed by atoms with Gasteiger partial charge in [-0.3, -0.25) is 4.98 Å². The zero-order valence-electron chi connectivity index (χ0n) is 35.4. The summed E-state index contributed by atoms with van der Waals surface area (Å²) in [6, 6.07) is 99.1. The van der Waals surface area contributed by atoms with E-state index in [-0.39, 0.29) is 0 Å². The van der Waals surface area contributed by atoms with Gasteiger partial charge in [0.2, 0.25) is 0 Å². The number of hydrogen-bond donors (Lipinski definition) is 0. The molecule has 0 unspecified atom stereocenters. The first-order valence-corrected chi connectivity index (χ1v) is 26.1. The van der Waals surface area contributed by atoms with Crippen LogP contribution in [0.25, 0.3) is 43.9 Å². The van der Waals surface area contributed by atoms with Gasteiger partial charge in [0.25, 0.3) is 0 Å². The van der Waals surface area contributed by atoms with E-state index in [1.165, 1.54) is 63.4 Å². The van der Waals surface area contributed by atoms with Crippen molar-refractivity contribution >= 4 is 79.3 Å². The number of hydrogen-bond acceptors (Lipinski definition) is 1.